The van der Waals surface area contributed by atoms with E-state index in [0.29, 0.717) is 5.92 Å². The van der Waals surface area contributed by atoms with Crippen LogP contribution in [-0.2, 0) is 5.60 Å². The summed E-state index contributed by atoms with van der Waals surface area (Å²) >= 11 is 3.44. The van der Waals surface area contributed by atoms with Crippen LogP contribution >= 0.6 is 15.9 Å². The predicted molar refractivity (Wildman–Crippen MR) is 79.4 cm³/mol. The fourth-order valence-corrected chi connectivity index (χ4v) is 3.67. The van der Waals surface area contributed by atoms with Gasteiger partial charge in [0.25, 0.3) is 0 Å². The van der Waals surface area contributed by atoms with E-state index in [-0.39, 0.29) is 0 Å². The maximum absolute atomic E-state index is 11.1. The molecule has 1 aliphatic carbocycles. The molecule has 0 heterocycles. The molecule has 2 nitrogen and oxygen atoms in total. The molecule has 2 rings (SSSR count). The van der Waals surface area contributed by atoms with Crippen molar-refractivity contribution < 1.29 is 5.11 Å². The Bertz CT molecular complexity index is 506. The number of nitriles is 1. The average molecular weight is 322 g/mol. The van der Waals surface area contributed by atoms with Crippen molar-refractivity contribution in [2.24, 2.45) is 11.3 Å². The minimum Gasteiger partial charge on any atom is -0.384 e. The smallest absolute Gasteiger partial charge is 0.105 e. The van der Waals surface area contributed by atoms with Crippen LogP contribution in [0.15, 0.2) is 28.7 Å². The zero-order valence-corrected chi connectivity index (χ0v) is 13.1. The second-order valence-corrected chi connectivity index (χ2v) is 6.89. The average Bonchev–Trinajstić information content (AvgIpc) is 2.38. The van der Waals surface area contributed by atoms with Gasteiger partial charge in [-0.15, -0.1) is 0 Å². The normalized spacial score (nSPS) is 30.4. The number of aliphatic hydroxyl groups is 1. The van der Waals surface area contributed by atoms with Gasteiger partial charge in [-0.25, -0.2) is 0 Å². The standard InChI is InChI=1S/C16H20BrNO/c1-12-5-4-8-16(10-12,11-18)15(2,19)13-6-3-7-14(17)9-13/h3,6-7,9,12,19H,4-5,8,10H2,1-2H3. The fourth-order valence-electron chi connectivity index (χ4n) is 3.27. The third-order valence-electron chi connectivity index (χ3n) is 4.53. The molecule has 1 saturated carbocycles. The summed E-state index contributed by atoms with van der Waals surface area (Å²) in [5.41, 5.74) is -0.969. The number of nitrogens with zero attached hydrogens (tertiary/aromatic N) is 1. The highest BCUT2D eigenvalue weighted by atomic mass is 79.9. The zero-order valence-electron chi connectivity index (χ0n) is 11.5. The van der Waals surface area contributed by atoms with Crippen LogP contribution in [0, 0.1) is 22.7 Å². The van der Waals surface area contributed by atoms with Gasteiger partial charge in [-0.2, -0.15) is 5.26 Å². The molecule has 0 amide bonds. The van der Waals surface area contributed by atoms with Gasteiger partial charge in [0.2, 0.25) is 0 Å². The van der Waals surface area contributed by atoms with Crippen LogP contribution in [0.25, 0.3) is 0 Å². The lowest BCUT2D eigenvalue weighted by Crippen LogP contribution is -2.45. The number of rotatable bonds is 2. The SMILES string of the molecule is CC1CCCC(C#N)(C(C)(O)c2cccc(Br)c2)C1. The summed E-state index contributed by atoms with van der Waals surface area (Å²) in [7, 11) is 0. The van der Waals surface area contributed by atoms with Crippen molar-refractivity contribution in [2.75, 3.05) is 0 Å². The van der Waals surface area contributed by atoms with Gasteiger partial charge in [0.05, 0.1) is 11.5 Å². The topological polar surface area (TPSA) is 44.0 Å². The van der Waals surface area contributed by atoms with Gasteiger partial charge < -0.3 is 5.11 Å². The molecule has 0 aromatic heterocycles. The Hall–Kier alpha value is -0.850. The third kappa shape index (κ3) is 2.57. The van der Waals surface area contributed by atoms with Gasteiger partial charge in [0, 0.05) is 4.47 Å². The van der Waals surface area contributed by atoms with E-state index in [1.165, 1.54) is 0 Å². The van der Waals surface area contributed by atoms with E-state index in [1.54, 1.807) is 6.92 Å². The van der Waals surface area contributed by atoms with E-state index in [0.717, 1.165) is 35.7 Å². The first-order valence-corrected chi connectivity index (χ1v) is 7.60. The molecule has 1 aromatic carbocycles. The van der Waals surface area contributed by atoms with Crippen molar-refractivity contribution in [1.29, 1.82) is 5.26 Å². The fraction of sp³-hybridized carbons (Fsp3) is 0.562. The van der Waals surface area contributed by atoms with E-state index in [9.17, 15) is 10.4 Å². The Balaban J connectivity index is 2.44. The highest BCUT2D eigenvalue weighted by Crippen LogP contribution is 2.51. The summed E-state index contributed by atoms with van der Waals surface area (Å²) in [5, 5.41) is 20.8. The van der Waals surface area contributed by atoms with Crippen LogP contribution in [0.3, 0.4) is 0 Å². The molecule has 0 aliphatic heterocycles. The van der Waals surface area contributed by atoms with Gasteiger partial charge in [0.1, 0.15) is 5.60 Å². The summed E-state index contributed by atoms with van der Waals surface area (Å²) in [5.74, 6) is 0.493. The van der Waals surface area contributed by atoms with E-state index >= 15 is 0 Å². The van der Waals surface area contributed by atoms with Gasteiger partial charge in [-0.1, -0.05) is 47.8 Å². The largest absolute Gasteiger partial charge is 0.384 e. The lowest BCUT2D eigenvalue weighted by molar-refractivity contribution is -0.0720. The maximum Gasteiger partial charge on any atom is 0.105 e. The molecule has 0 spiro atoms. The molecular weight excluding hydrogens is 302 g/mol. The Morgan fingerprint density at radius 2 is 2.26 bits per heavy atom. The van der Waals surface area contributed by atoms with Gasteiger partial charge >= 0.3 is 0 Å². The second kappa shape index (κ2) is 5.26. The Kier molecular flexibility index (Phi) is 4.03. The molecule has 3 atom stereocenters. The Morgan fingerprint density at radius 3 is 2.84 bits per heavy atom. The van der Waals surface area contributed by atoms with Crippen LogP contribution in [0.4, 0.5) is 0 Å². The molecule has 0 bridgehead atoms. The van der Waals surface area contributed by atoms with Gasteiger partial charge in [-0.3, -0.25) is 0 Å². The first-order chi connectivity index (χ1) is 8.91. The van der Waals surface area contributed by atoms with Crippen LogP contribution in [-0.4, -0.2) is 5.11 Å². The number of halogens is 1. The monoisotopic (exact) mass is 321 g/mol. The third-order valence-corrected chi connectivity index (χ3v) is 5.02. The van der Waals surface area contributed by atoms with Crippen molar-refractivity contribution in [2.45, 2.75) is 45.1 Å². The van der Waals surface area contributed by atoms with Gasteiger partial charge in [-0.05, 0) is 43.4 Å². The minimum absolute atomic E-state index is 0.493. The summed E-state index contributed by atoms with van der Waals surface area (Å²) < 4.78 is 0.933. The minimum atomic E-state index is -1.11. The number of hydrogen-bond donors (Lipinski definition) is 1. The molecule has 1 aliphatic rings. The number of hydrogen-bond acceptors (Lipinski definition) is 2. The van der Waals surface area contributed by atoms with Crippen LogP contribution in [0.5, 0.6) is 0 Å². The lowest BCUT2D eigenvalue weighted by Gasteiger charge is -2.45. The first-order valence-electron chi connectivity index (χ1n) is 6.81. The summed E-state index contributed by atoms with van der Waals surface area (Å²) in [6.07, 6.45) is 3.70. The summed E-state index contributed by atoms with van der Waals surface area (Å²) in [6.45, 7) is 3.96. The quantitative estimate of drug-likeness (QED) is 0.878. The summed E-state index contributed by atoms with van der Waals surface area (Å²) in [6, 6.07) is 10.1. The molecule has 1 fully saturated rings. The second-order valence-electron chi connectivity index (χ2n) is 5.98. The first kappa shape index (κ1) is 14.6. The van der Waals surface area contributed by atoms with Crippen LogP contribution in [0.2, 0.25) is 0 Å². The molecule has 0 saturated heterocycles. The molecule has 0 radical (unpaired) electrons. The maximum atomic E-state index is 11.1. The van der Waals surface area contributed by atoms with Crippen LogP contribution < -0.4 is 0 Å². The lowest BCUT2D eigenvalue weighted by atomic mass is 9.60. The molecule has 19 heavy (non-hydrogen) atoms. The zero-order chi connectivity index (χ0) is 14.1. The number of benzene rings is 1. The highest BCUT2D eigenvalue weighted by molar-refractivity contribution is 9.10. The van der Waals surface area contributed by atoms with Crippen molar-refractivity contribution in [3.63, 3.8) is 0 Å². The van der Waals surface area contributed by atoms with E-state index in [1.807, 2.05) is 24.3 Å². The molecule has 1 aromatic rings. The van der Waals surface area contributed by atoms with Crippen molar-refractivity contribution in [1.82, 2.24) is 0 Å². The van der Waals surface area contributed by atoms with Gasteiger partial charge in [0.15, 0.2) is 0 Å². The highest BCUT2D eigenvalue weighted by Gasteiger charge is 2.50. The Labute approximate surface area is 123 Å². The molecular formula is C16H20BrNO. The van der Waals surface area contributed by atoms with Crippen molar-refractivity contribution in [3.05, 3.63) is 34.3 Å². The predicted octanol–water partition coefficient (Wildman–Crippen LogP) is 4.38. The van der Waals surface area contributed by atoms with E-state index < -0.39 is 11.0 Å². The van der Waals surface area contributed by atoms with Crippen molar-refractivity contribution >= 4 is 15.9 Å². The molecule has 102 valence electrons. The Morgan fingerprint density at radius 1 is 1.53 bits per heavy atom. The summed E-state index contributed by atoms with van der Waals surface area (Å²) in [4.78, 5) is 0. The van der Waals surface area contributed by atoms with Crippen molar-refractivity contribution in [3.8, 4) is 6.07 Å². The molecule has 3 heteroatoms. The van der Waals surface area contributed by atoms with Crippen LogP contribution in [0.1, 0.15) is 45.1 Å². The van der Waals surface area contributed by atoms with E-state index in [2.05, 4.69) is 28.9 Å². The molecule has 3 unspecified atom stereocenters. The molecule has 1 N–H and O–H groups in total. The van der Waals surface area contributed by atoms with E-state index in [4.69, 9.17) is 0 Å².